The molecule has 0 amide bonds. The number of hydrogen-bond acceptors (Lipinski definition) is 3. The zero-order chi connectivity index (χ0) is 32.4. The van der Waals surface area contributed by atoms with Crippen LogP contribution in [0.3, 0.4) is 0 Å². The second-order valence-corrected chi connectivity index (χ2v) is 13.0. The van der Waals surface area contributed by atoms with Gasteiger partial charge in [-0.05, 0) is 83.8 Å². The van der Waals surface area contributed by atoms with E-state index in [4.69, 9.17) is 15.0 Å². The zero-order valence-corrected chi connectivity index (χ0v) is 27.4. The molecule has 7 rings (SSSR count). The molecule has 1 unspecified atom stereocenters. The van der Waals surface area contributed by atoms with E-state index in [1.54, 1.807) is 0 Å². The van der Waals surface area contributed by atoms with Gasteiger partial charge in [0.15, 0.2) is 0 Å². The van der Waals surface area contributed by atoms with E-state index in [0.29, 0.717) is 5.92 Å². The van der Waals surface area contributed by atoms with Crippen molar-refractivity contribution in [2.45, 2.75) is 44.4 Å². The number of rotatable bonds is 8. The smallest absolute Gasteiger partial charge is 0.0784 e. The fourth-order valence-corrected chi connectivity index (χ4v) is 6.84. The molecule has 0 fully saturated rings. The maximum Gasteiger partial charge on any atom is 0.0784 e. The number of benzene rings is 4. The lowest BCUT2D eigenvalue weighted by Gasteiger charge is -2.32. The fraction of sp³-hybridized carbons (Fsp3) is 0.159. The molecule has 0 saturated heterocycles. The highest BCUT2D eigenvalue weighted by atomic mass is 14.8. The van der Waals surface area contributed by atoms with Crippen molar-refractivity contribution in [1.29, 1.82) is 0 Å². The van der Waals surface area contributed by atoms with Gasteiger partial charge < -0.3 is 0 Å². The van der Waals surface area contributed by atoms with Gasteiger partial charge in [0, 0.05) is 23.3 Å². The summed E-state index contributed by atoms with van der Waals surface area (Å²) in [4.78, 5) is 15.4. The normalized spacial score (nSPS) is 14.1. The van der Waals surface area contributed by atoms with Crippen LogP contribution in [-0.2, 0) is 10.8 Å². The van der Waals surface area contributed by atoms with Crippen LogP contribution >= 0.6 is 0 Å². The van der Waals surface area contributed by atoms with Gasteiger partial charge >= 0.3 is 0 Å². The van der Waals surface area contributed by atoms with Gasteiger partial charge in [0.25, 0.3) is 0 Å². The predicted octanol–water partition coefficient (Wildman–Crippen LogP) is 10.5. The summed E-state index contributed by atoms with van der Waals surface area (Å²) >= 11 is 0. The number of aromatic nitrogens is 3. The Hall–Kier alpha value is -5.41. The van der Waals surface area contributed by atoms with Gasteiger partial charge in [-0.1, -0.05) is 123 Å². The summed E-state index contributed by atoms with van der Waals surface area (Å²) < 4.78 is 0. The van der Waals surface area contributed by atoms with Crippen LogP contribution in [-0.4, -0.2) is 15.0 Å². The van der Waals surface area contributed by atoms with Crippen LogP contribution in [0, 0.1) is 0 Å². The summed E-state index contributed by atoms with van der Waals surface area (Å²) in [5.74, 6) is 0.407. The fourth-order valence-electron chi connectivity index (χ4n) is 6.84. The van der Waals surface area contributed by atoms with E-state index in [9.17, 15) is 0 Å². The minimum atomic E-state index is -0.580. The van der Waals surface area contributed by atoms with Gasteiger partial charge in [-0.2, -0.15) is 0 Å². The quantitative estimate of drug-likeness (QED) is 0.172. The molecule has 230 valence electrons. The summed E-state index contributed by atoms with van der Waals surface area (Å²) in [6.45, 7) is 9.02. The molecule has 0 bridgehead atoms. The van der Waals surface area contributed by atoms with Crippen molar-refractivity contribution in [3.05, 3.63) is 197 Å². The van der Waals surface area contributed by atoms with Crippen LogP contribution in [0.4, 0.5) is 0 Å². The van der Waals surface area contributed by atoms with Crippen molar-refractivity contribution in [2.75, 3.05) is 0 Å². The Bertz CT molecular complexity index is 2040. The lowest BCUT2D eigenvalue weighted by molar-refractivity contribution is 0.643. The molecule has 0 spiro atoms. The summed E-state index contributed by atoms with van der Waals surface area (Å²) in [6, 6.07) is 51.6. The molecule has 4 aromatic carbocycles. The molecule has 3 nitrogen and oxygen atoms in total. The van der Waals surface area contributed by atoms with Crippen molar-refractivity contribution >= 4 is 10.8 Å². The third kappa shape index (κ3) is 5.42. The third-order valence-corrected chi connectivity index (χ3v) is 9.80. The largest absolute Gasteiger partial charge is 0.260 e. The molecule has 2 atom stereocenters. The molecule has 0 aliphatic carbocycles. The standard InChI is InChI=1S/C44H39N3/c1-31(2)32-24-25-38-34(28-32)30-41(44(4,36-19-9-6-10-20-36)40-23-12-14-27-46-40)47-42(38)33-16-15-21-37(29-33)43(3,35-17-7-5-8-18-35)39-22-11-13-26-45-39/h5-31H,1-4H3/t43?,44-/m1/s1. The van der Waals surface area contributed by atoms with Gasteiger partial charge in [-0.3, -0.25) is 15.0 Å². The van der Waals surface area contributed by atoms with Gasteiger partial charge in [-0.15, -0.1) is 0 Å². The van der Waals surface area contributed by atoms with E-state index < -0.39 is 10.8 Å². The third-order valence-electron chi connectivity index (χ3n) is 9.80. The predicted molar refractivity (Wildman–Crippen MR) is 194 cm³/mol. The minimum absolute atomic E-state index is 0.407. The molecule has 3 heteroatoms. The average Bonchev–Trinajstić information content (AvgIpc) is 3.15. The molecule has 3 heterocycles. The SMILES string of the molecule is CC(C)c1ccc2c(-c3cccc(C(C)(c4ccccc4)c4ccccn4)c3)nc([C@](C)(c3ccccc3)c3ccccn3)cc2c1. The lowest BCUT2D eigenvalue weighted by atomic mass is 9.73. The maximum atomic E-state index is 5.58. The van der Waals surface area contributed by atoms with E-state index in [0.717, 1.165) is 44.9 Å². The highest BCUT2D eigenvalue weighted by Crippen LogP contribution is 2.42. The Labute approximate surface area is 278 Å². The molecule has 7 aromatic rings. The number of hydrogen-bond donors (Lipinski definition) is 0. The van der Waals surface area contributed by atoms with E-state index in [-0.39, 0.29) is 0 Å². The topological polar surface area (TPSA) is 38.7 Å². The number of nitrogens with zero attached hydrogens (tertiary/aromatic N) is 3. The molecule has 0 radical (unpaired) electrons. The first-order valence-corrected chi connectivity index (χ1v) is 16.4. The summed E-state index contributed by atoms with van der Waals surface area (Å²) in [5.41, 5.74) is 8.72. The first-order chi connectivity index (χ1) is 22.9. The Morgan fingerprint density at radius 3 is 1.66 bits per heavy atom. The van der Waals surface area contributed by atoms with E-state index >= 15 is 0 Å². The summed E-state index contributed by atoms with van der Waals surface area (Å²) in [6.07, 6.45) is 3.76. The zero-order valence-electron chi connectivity index (χ0n) is 27.4. The van der Waals surface area contributed by atoms with Crippen molar-refractivity contribution in [2.24, 2.45) is 0 Å². The molecule has 0 saturated carbocycles. The van der Waals surface area contributed by atoms with Crippen LogP contribution in [0.1, 0.15) is 72.9 Å². The molecule has 47 heavy (non-hydrogen) atoms. The van der Waals surface area contributed by atoms with Crippen molar-refractivity contribution < 1.29 is 0 Å². The van der Waals surface area contributed by atoms with Crippen molar-refractivity contribution in [1.82, 2.24) is 15.0 Å². The first-order valence-electron chi connectivity index (χ1n) is 16.4. The Morgan fingerprint density at radius 1 is 0.489 bits per heavy atom. The first kappa shape index (κ1) is 30.3. The highest BCUT2D eigenvalue weighted by Gasteiger charge is 2.36. The number of pyridine rings is 3. The molecule has 3 aromatic heterocycles. The van der Waals surface area contributed by atoms with Crippen LogP contribution in [0.15, 0.2) is 158 Å². The second kappa shape index (κ2) is 12.4. The summed E-state index contributed by atoms with van der Waals surface area (Å²) in [7, 11) is 0. The van der Waals surface area contributed by atoms with Crippen LogP contribution in [0.2, 0.25) is 0 Å². The van der Waals surface area contributed by atoms with Gasteiger partial charge in [-0.25, -0.2) is 0 Å². The molecular weight excluding hydrogens is 571 g/mol. The van der Waals surface area contributed by atoms with Crippen LogP contribution in [0.25, 0.3) is 22.0 Å². The summed E-state index contributed by atoms with van der Waals surface area (Å²) in [5, 5.41) is 2.31. The van der Waals surface area contributed by atoms with E-state index in [1.807, 2.05) is 24.5 Å². The minimum Gasteiger partial charge on any atom is -0.260 e. The van der Waals surface area contributed by atoms with E-state index in [2.05, 4.69) is 161 Å². The average molecular weight is 610 g/mol. The van der Waals surface area contributed by atoms with Crippen LogP contribution < -0.4 is 0 Å². The maximum absolute atomic E-state index is 5.58. The van der Waals surface area contributed by atoms with Gasteiger partial charge in [0.2, 0.25) is 0 Å². The monoisotopic (exact) mass is 609 g/mol. The van der Waals surface area contributed by atoms with E-state index in [1.165, 1.54) is 16.5 Å². The number of fused-ring (bicyclic) bond motifs is 1. The second-order valence-electron chi connectivity index (χ2n) is 13.0. The lowest BCUT2D eigenvalue weighted by Crippen LogP contribution is -2.28. The highest BCUT2D eigenvalue weighted by molar-refractivity contribution is 5.96. The molecule has 0 aliphatic rings. The van der Waals surface area contributed by atoms with Gasteiger partial charge in [0.1, 0.15) is 0 Å². The van der Waals surface area contributed by atoms with Gasteiger partial charge in [0.05, 0.1) is 33.6 Å². The Morgan fingerprint density at radius 2 is 1.06 bits per heavy atom. The Balaban J connectivity index is 1.50. The molecule has 0 aliphatic heterocycles. The Kier molecular flexibility index (Phi) is 7.99. The molecule has 0 N–H and O–H groups in total. The van der Waals surface area contributed by atoms with Crippen molar-refractivity contribution in [3.8, 4) is 11.3 Å². The van der Waals surface area contributed by atoms with Crippen LogP contribution in [0.5, 0.6) is 0 Å². The molecular formula is C44H39N3. The van der Waals surface area contributed by atoms with Crippen molar-refractivity contribution in [3.63, 3.8) is 0 Å².